The molecule has 150 valence electrons. The van der Waals surface area contributed by atoms with E-state index in [1.54, 1.807) is 11.8 Å². The van der Waals surface area contributed by atoms with Crippen molar-refractivity contribution in [1.29, 1.82) is 0 Å². The van der Waals surface area contributed by atoms with Crippen molar-refractivity contribution in [3.05, 3.63) is 29.6 Å². The maximum absolute atomic E-state index is 14.1. The van der Waals surface area contributed by atoms with Crippen molar-refractivity contribution in [3.63, 3.8) is 0 Å². The molecular formula is C20H24FN3O3S. The molecule has 0 saturated carbocycles. The summed E-state index contributed by atoms with van der Waals surface area (Å²) < 4.78 is 14.1. The van der Waals surface area contributed by atoms with Crippen LogP contribution in [0.4, 0.5) is 10.1 Å². The van der Waals surface area contributed by atoms with Crippen molar-refractivity contribution >= 4 is 35.2 Å². The quantitative estimate of drug-likeness (QED) is 0.753. The highest BCUT2D eigenvalue weighted by Gasteiger charge is 2.71. The number of amides is 3. The maximum atomic E-state index is 14.1. The third-order valence-electron chi connectivity index (χ3n) is 5.98. The number of benzene rings is 1. The normalized spacial score (nSPS) is 31.5. The van der Waals surface area contributed by atoms with Crippen LogP contribution in [0, 0.1) is 17.7 Å². The molecule has 3 heterocycles. The van der Waals surface area contributed by atoms with Crippen LogP contribution in [0.1, 0.15) is 32.8 Å². The molecule has 4 atom stereocenters. The lowest BCUT2D eigenvalue weighted by atomic mass is 9.76. The Balaban J connectivity index is 1.89. The van der Waals surface area contributed by atoms with Crippen LogP contribution in [0.25, 0.3) is 0 Å². The van der Waals surface area contributed by atoms with Crippen LogP contribution < -0.4 is 10.6 Å². The predicted octanol–water partition coefficient (Wildman–Crippen LogP) is 2.10. The van der Waals surface area contributed by atoms with Crippen molar-refractivity contribution in [2.75, 3.05) is 17.3 Å². The Morgan fingerprint density at radius 1 is 1.21 bits per heavy atom. The monoisotopic (exact) mass is 405 g/mol. The predicted molar refractivity (Wildman–Crippen MR) is 105 cm³/mol. The van der Waals surface area contributed by atoms with Gasteiger partial charge >= 0.3 is 0 Å². The first-order valence-electron chi connectivity index (χ1n) is 9.39. The zero-order valence-corrected chi connectivity index (χ0v) is 17.2. The molecular weight excluding hydrogens is 381 g/mol. The molecule has 1 aromatic carbocycles. The minimum Gasteiger partial charge on any atom is -0.324 e. The highest BCUT2D eigenvalue weighted by molar-refractivity contribution is 7.98. The molecule has 28 heavy (non-hydrogen) atoms. The average Bonchev–Trinajstić information content (AvgIpc) is 3.18. The van der Waals surface area contributed by atoms with E-state index in [0.717, 1.165) is 5.75 Å². The van der Waals surface area contributed by atoms with Crippen LogP contribution in [0.3, 0.4) is 0 Å². The number of hydrogen-bond donors (Lipinski definition) is 2. The van der Waals surface area contributed by atoms with Crippen LogP contribution in [0.5, 0.6) is 0 Å². The van der Waals surface area contributed by atoms with Crippen molar-refractivity contribution in [2.24, 2.45) is 11.8 Å². The summed E-state index contributed by atoms with van der Waals surface area (Å²) in [7, 11) is 0. The molecule has 8 heteroatoms. The van der Waals surface area contributed by atoms with E-state index >= 15 is 0 Å². The molecule has 2 fully saturated rings. The van der Waals surface area contributed by atoms with Gasteiger partial charge in [-0.3, -0.25) is 24.6 Å². The minimum atomic E-state index is -1.42. The lowest BCUT2D eigenvalue weighted by molar-refractivity contribution is -0.147. The van der Waals surface area contributed by atoms with Gasteiger partial charge in [0.25, 0.3) is 0 Å². The fourth-order valence-corrected chi connectivity index (χ4v) is 5.42. The summed E-state index contributed by atoms with van der Waals surface area (Å²) in [5.74, 6) is -2.24. The molecule has 2 saturated heterocycles. The van der Waals surface area contributed by atoms with E-state index in [2.05, 4.69) is 10.6 Å². The molecule has 1 aromatic rings. The summed E-state index contributed by atoms with van der Waals surface area (Å²) in [6.45, 7) is 5.43. The lowest BCUT2D eigenvalue weighted by Gasteiger charge is -2.34. The number of halogens is 1. The van der Waals surface area contributed by atoms with Gasteiger partial charge in [0.1, 0.15) is 11.4 Å². The number of thioether (sulfide) groups is 1. The number of likely N-dealkylation sites (tertiary alicyclic amines) is 1. The first kappa shape index (κ1) is 19.4. The van der Waals surface area contributed by atoms with E-state index in [9.17, 15) is 18.8 Å². The first-order chi connectivity index (χ1) is 13.1. The van der Waals surface area contributed by atoms with Gasteiger partial charge in [0.15, 0.2) is 0 Å². The van der Waals surface area contributed by atoms with Gasteiger partial charge in [-0.2, -0.15) is 11.8 Å². The summed E-state index contributed by atoms with van der Waals surface area (Å²) in [6.07, 6.45) is 2.61. The number of nitrogens with one attached hydrogen (secondary N) is 2. The van der Waals surface area contributed by atoms with Crippen LogP contribution in [0.15, 0.2) is 18.2 Å². The standard InChI is InChI=1S/C20H24FN3O3S/c1-19(2,3)24-16(25)14-13(7-8-28-4)23-20(15(14)17(24)26)11-9-10(21)5-6-12(11)22-18(20)27/h5-6,9,13-15,23H,7-8H2,1-4H3,(H,22,27)/t13-,14-,15+,20+/m1/s1. The smallest absolute Gasteiger partial charge is 0.250 e. The Hall–Kier alpha value is -1.93. The van der Waals surface area contributed by atoms with Crippen molar-refractivity contribution < 1.29 is 18.8 Å². The topological polar surface area (TPSA) is 78.5 Å². The molecule has 0 aliphatic carbocycles. The van der Waals surface area contributed by atoms with Gasteiger partial charge in [0, 0.05) is 22.8 Å². The summed E-state index contributed by atoms with van der Waals surface area (Å²) in [5.41, 5.74) is -1.21. The third kappa shape index (κ3) is 2.47. The molecule has 0 radical (unpaired) electrons. The molecule has 6 nitrogen and oxygen atoms in total. The van der Waals surface area contributed by atoms with Crippen LogP contribution in [-0.4, -0.2) is 46.2 Å². The number of imide groups is 1. The second kappa shape index (κ2) is 6.29. The SMILES string of the molecule is CSCC[C@H]1N[C@]2(C(=O)Nc3ccc(F)cc32)[C@@H]2C(=O)N(C(C)(C)C)C(=O)[C@@H]21. The van der Waals surface area contributed by atoms with E-state index in [1.165, 1.54) is 23.1 Å². The van der Waals surface area contributed by atoms with E-state index in [4.69, 9.17) is 0 Å². The van der Waals surface area contributed by atoms with Crippen molar-refractivity contribution in [3.8, 4) is 0 Å². The van der Waals surface area contributed by atoms with Gasteiger partial charge in [-0.25, -0.2) is 4.39 Å². The molecule has 3 amide bonds. The summed E-state index contributed by atoms with van der Waals surface area (Å²) in [4.78, 5) is 41.2. The second-order valence-electron chi connectivity index (χ2n) is 8.67. The van der Waals surface area contributed by atoms with Gasteiger partial charge < -0.3 is 5.32 Å². The third-order valence-corrected chi connectivity index (χ3v) is 6.62. The highest BCUT2D eigenvalue weighted by Crippen LogP contribution is 2.54. The van der Waals surface area contributed by atoms with E-state index in [0.29, 0.717) is 17.7 Å². The van der Waals surface area contributed by atoms with Crippen LogP contribution in [0.2, 0.25) is 0 Å². The highest BCUT2D eigenvalue weighted by atomic mass is 32.2. The van der Waals surface area contributed by atoms with Gasteiger partial charge in [0.2, 0.25) is 17.7 Å². The minimum absolute atomic E-state index is 0.254. The fourth-order valence-electron chi connectivity index (χ4n) is 4.93. The molecule has 1 spiro atoms. The fraction of sp³-hybridized carbons (Fsp3) is 0.550. The van der Waals surface area contributed by atoms with Gasteiger partial charge in [-0.15, -0.1) is 0 Å². The first-order valence-corrected chi connectivity index (χ1v) is 10.8. The zero-order chi connectivity index (χ0) is 20.4. The van der Waals surface area contributed by atoms with E-state index in [1.807, 2.05) is 27.0 Å². The van der Waals surface area contributed by atoms with Crippen LogP contribution >= 0.6 is 11.8 Å². The largest absolute Gasteiger partial charge is 0.324 e. The maximum Gasteiger partial charge on any atom is 0.250 e. The Labute approximate surface area is 167 Å². The van der Waals surface area contributed by atoms with Gasteiger partial charge in [0.05, 0.1) is 11.8 Å². The summed E-state index contributed by atoms with van der Waals surface area (Å²) in [5, 5.41) is 6.09. The number of fused-ring (bicyclic) bond motifs is 4. The Morgan fingerprint density at radius 3 is 2.57 bits per heavy atom. The lowest BCUT2D eigenvalue weighted by Crippen LogP contribution is -2.55. The number of carbonyl (C=O) groups is 3. The number of nitrogens with zero attached hydrogens (tertiary/aromatic N) is 1. The molecule has 0 bridgehead atoms. The zero-order valence-electron chi connectivity index (χ0n) is 16.3. The summed E-state index contributed by atoms with van der Waals surface area (Å²) >= 11 is 1.64. The van der Waals surface area contributed by atoms with E-state index < -0.39 is 34.6 Å². The Bertz CT molecular complexity index is 884. The average molecular weight is 405 g/mol. The Morgan fingerprint density at radius 2 is 1.93 bits per heavy atom. The number of rotatable bonds is 3. The molecule has 2 N–H and O–H groups in total. The molecule has 4 rings (SSSR count). The molecule has 3 aliphatic rings. The van der Waals surface area contributed by atoms with Crippen molar-refractivity contribution in [1.82, 2.24) is 10.2 Å². The molecule has 0 aromatic heterocycles. The molecule has 0 unspecified atom stereocenters. The van der Waals surface area contributed by atoms with Crippen LogP contribution in [-0.2, 0) is 19.9 Å². The van der Waals surface area contributed by atoms with Crippen molar-refractivity contribution in [2.45, 2.75) is 44.3 Å². The number of hydrogen-bond acceptors (Lipinski definition) is 5. The second-order valence-corrected chi connectivity index (χ2v) is 9.66. The molecule has 3 aliphatic heterocycles. The van der Waals surface area contributed by atoms with E-state index in [-0.39, 0.29) is 17.9 Å². The number of anilines is 1. The van der Waals surface area contributed by atoms with Gasteiger partial charge in [-0.05, 0) is 57.4 Å². The summed E-state index contributed by atoms with van der Waals surface area (Å²) in [6, 6.07) is 3.75. The number of carbonyl (C=O) groups excluding carboxylic acids is 3. The Kier molecular flexibility index (Phi) is 4.35. The van der Waals surface area contributed by atoms with Gasteiger partial charge in [-0.1, -0.05) is 0 Å².